The molecule has 0 unspecified atom stereocenters. The monoisotopic (exact) mass is 567 g/mol. The van der Waals surface area contributed by atoms with Crippen molar-refractivity contribution >= 4 is 31.5 Å². The van der Waals surface area contributed by atoms with Crippen molar-refractivity contribution in [1.82, 2.24) is 9.78 Å². The van der Waals surface area contributed by atoms with Gasteiger partial charge in [0.2, 0.25) is 5.88 Å². The van der Waals surface area contributed by atoms with E-state index in [4.69, 9.17) is 9.02 Å². The molecule has 202 valence electrons. The average molecular weight is 568 g/mol. The number of halogens is 2. The van der Waals surface area contributed by atoms with Crippen molar-refractivity contribution in [2.75, 3.05) is 12.9 Å². The second-order valence-corrected chi connectivity index (χ2v) is 12.1. The molecule has 3 aromatic rings. The summed E-state index contributed by atoms with van der Waals surface area (Å²) < 4.78 is 84.8. The molecule has 0 bridgehead atoms. The fourth-order valence-corrected chi connectivity index (χ4v) is 7.07. The predicted octanol–water partition coefficient (Wildman–Crippen LogP) is 3.32. The Balaban J connectivity index is 1.86. The van der Waals surface area contributed by atoms with Gasteiger partial charge in [-0.3, -0.25) is 4.79 Å². The number of ketones is 1. The summed E-state index contributed by atoms with van der Waals surface area (Å²) in [5.74, 6) is -3.92. The highest BCUT2D eigenvalue weighted by molar-refractivity contribution is 7.91. The standard InChI is InChI=1S/C24H23F2N3O7S2/c1-5-29-24(36-38(33,34)15-6-7-18(25)19(26)11-15)17(12-27-29)22(30)16-10-13(2)23-21(14(16)3)20(28-35-4)8-9-37(23,31)32/h6-7,10-12H,5,8-9H2,1-4H3. The van der Waals surface area contributed by atoms with Gasteiger partial charge in [-0.25, -0.2) is 21.9 Å². The van der Waals surface area contributed by atoms with Gasteiger partial charge >= 0.3 is 10.1 Å². The van der Waals surface area contributed by atoms with E-state index in [1.165, 1.54) is 13.2 Å². The lowest BCUT2D eigenvalue weighted by Crippen LogP contribution is -2.26. The van der Waals surface area contributed by atoms with Gasteiger partial charge in [0.1, 0.15) is 17.6 Å². The molecule has 14 heteroatoms. The SMILES string of the molecule is CCn1ncc(C(=O)c2cc(C)c3c(c2C)C(=NOC)CCS3(=O)=O)c1OS(=O)(=O)c1ccc(F)c(F)c1. The summed E-state index contributed by atoms with van der Waals surface area (Å²) in [6.45, 7) is 4.84. The van der Waals surface area contributed by atoms with Crippen LogP contribution in [0.15, 0.2) is 45.4 Å². The summed E-state index contributed by atoms with van der Waals surface area (Å²) in [6.07, 6.45) is 1.20. The van der Waals surface area contributed by atoms with Crippen molar-refractivity contribution in [1.29, 1.82) is 0 Å². The lowest BCUT2D eigenvalue weighted by Gasteiger charge is -2.23. The van der Waals surface area contributed by atoms with Crippen LogP contribution in [0.25, 0.3) is 0 Å². The van der Waals surface area contributed by atoms with E-state index in [0.717, 1.165) is 16.9 Å². The van der Waals surface area contributed by atoms with E-state index in [9.17, 15) is 30.4 Å². The maximum atomic E-state index is 13.7. The molecule has 0 aliphatic carbocycles. The number of nitrogens with zero attached hydrogens (tertiary/aromatic N) is 3. The molecule has 1 aliphatic rings. The number of rotatable bonds is 7. The van der Waals surface area contributed by atoms with E-state index >= 15 is 0 Å². The summed E-state index contributed by atoms with van der Waals surface area (Å²) >= 11 is 0. The molecule has 0 radical (unpaired) electrons. The Hall–Kier alpha value is -3.65. The van der Waals surface area contributed by atoms with Crippen molar-refractivity contribution in [3.63, 3.8) is 0 Å². The maximum absolute atomic E-state index is 13.7. The Morgan fingerprint density at radius 1 is 1.16 bits per heavy atom. The lowest BCUT2D eigenvalue weighted by atomic mass is 9.91. The summed E-state index contributed by atoms with van der Waals surface area (Å²) in [7, 11) is -7.02. The maximum Gasteiger partial charge on any atom is 0.340 e. The van der Waals surface area contributed by atoms with Crippen LogP contribution in [0.3, 0.4) is 0 Å². The highest BCUT2D eigenvalue weighted by atomic mass is 32.2. The van der Waals surface area contributed by atoms with Gasteiger partial charge in [0.05, 0.1) is 22.6 Å². The largest absolute Gasteiger partial charge is 0.399 e. The van der Waals surface area contributed by atoms with E-state index in [0.29, 0.717) is 29.0 Å². The van der Waals surface area contributed by atoms with Gasteiger partial charge in [0.15, 0.2) is 27.3 Å². The Kier molecular flexibility index (Phi) is 7.14. The van der Waals surface area contributed by atoms with Gasteiger partial charge in [-0.05, 0) is 56.2 Å². The zero-order chi connectivity index (χ0) is 28.0. The number of aromatic nitrogens is 2. The lowest BCUT2D eigenvalue weighted by molar-refractivity contribution is 0.103. The van der Waals surface area contributed by atoms with Crippen LogP contribution in [0.1, 0.15) is 46.0 Å². The van der Waals surface area contributed by atoms with Crippen molar-refractivity contribution in [3.05, 3.63) is 69.9 Å². The number of hydrogen-bond donors (Lipinski definition) is 0. The summed E-state index contributed by atoms with van der Waals surface area (Å²) in [4.78, 5) is 18.0. The number of aryl methyl sites for hydroxylation is 2. The van der Waals surface area contributed by atoms with Crippen molar-refractivity contribution in [2.45, 2.75) is 43.5 Å². The minimum absolute atomic E-state index is 0.0511. The first-order valence-electron chi connectivity index (χ1n) is 11.3. The molecule has 0 N–H and O–H groups in total. The van der Waals surface area contributed by atoms with Crippen LogP contribution in [0, 0.1) is 25.5 Å². The predicted molar refractivity (Wildman–Crippen MR) is 132 cm³/mol. The van der Waals surface area contributed by atoms with Crippen LogP contribution in [-0.4, -0.2) is 51.0 Å². The topological polar surface area (TPSA) is 134 Å². The second kappa shape index (κ2) is 9.91. The van der Waals surface area contributed by atoms with Crippen molar-refractivity contribution in [3.8, 4) is 5.88 Å². The molecular formula is C24H23F2N3O7S2. The van der Waals surface area contributed by atoms with Crippen LogP contribution < -0.4 is 4.18 Å². The van der Waals surface area contributed by atoms with Crippen LogP contribution in [0.5, 0.6) is 5.88 Å². The number of carbonyl (C=O) groups is 1. The quantitative estimate of drug-likeness (QED) is 0.241. The van der Waals surface area contributed by atoms with Gasteiger partial charge in [0.25, 0.3) is 0 Å². The Morgan fingerprint density at radius 2 is 1.87 bits per heavy atom. The Labute approximate surface area is 217 Å². The minimum Gasteiger partial charge on any atom is -0.399 e. The van der Waals surface area contributed by atoms with E-state index < -0.39 is 48.1 Å². The van der Waals surface area contributed by atoms with Crippen LogP contribution >= 0.6 is 0 Å². The van der Waals surface area contributed by atoms with E-state index in [2.05, 4.69) is 10.3 Å². The Bertz CT molecular complexity index is 1710. The average Bonchev–Trinajstić information content (AvgIpc) is 3.25. The number of fused-ring (bicyclic) bond motifs is 1. The molecule has 4 rings (SSSR count). The number of sulfone groups is 1. The number of benzene rings is 2. The molecule has 0 spiro atoms. The number of hydrogen-bond acceptors (Lipinski definition) is 9. The zero-order valence-corrected chi connectivity index (χ0v) is 22.4. The second-order valence-electron chi connectivity index (χ2n) is 8.48. The molecule has 0 amide bonds. The molecule has 0 fully saturated rings. The fourth-order valence-electron chi connectivity index (χ4n) is 4.31. The fraction of sp³-hybridized carbons (Fsp3) is 0.292. The summed E-state index contributed by atoms with van der Waals surface area (Å²) in [6, 6.07) is 3.34. The van der Waals surface area contributed by atoms with Gasteiger partial charge < -0.3 is 9.02 Å². The molecule has 38 heavy (non-hydrogen) atoms. The van der Waals surface area contributed by atoms with Crippen LogP contribution in [-0.2, 0) is 31.3 Å². The van der Waals surface area contributed by atoms with E-state index in [-0.39, 0.29) is 40.3 Å². The van der Waals surface area contributed by atoms with Gasteiger partial charge in [-0.2, -0.15) is 13.5 Å². The van der Waals surface area contributed by atoms with Gasteiger partial charge in [-0.1, -0.05) is 5.16 Å². The normalized spacial score (nSPS) is 15.8. The minimum atomic E-state index is -4.69. The van der Waals surface area contributed by atoms with Crippen LogP contribution in [0.2, 0.25) is 0 Å². The Morgan fingerprint density at radius 3 is 2.50 bits per heavy atom. The first-order chi connectivity index (χ1) is 17.8. The molecule has 0 saturated carbocycles. The third-order valence-corrected chi connectivity index (χ3v) is 9.18. The molecule has 10 nitrogen and oxygen atoms in total. The molecule has 1 aliphatic heterocycles. The van der Waals surface area contributed by atoms with Crippen molar-refractivity contribution in [2.24, 2.45) is 5.16 Å². The smallest absolute Gasteiger partial charge is 0.340 e. The van der Waals surface area contributed by atoms with Gasteiger partial charge in [0, 0.05) is 24.1 Å². The molecule has 2 heterocycles. The molecule has 2 aromatic carbocycles. The van der Waals surface area contributed by atoms with Gasteiger partial charge in [-0.15, -0.1) is 0 Å². The van der Waals surface area contributed by atoms with Crippen LogP contribution in [0.4, 0.5) is 8.78 Å². The summed E-state index contributed by atoms with van der Waals surface area (Å²) in [5, 5.41) is 7.99. The molecule has 1 aromatic heterocycles. The first kappa shape index (κ1) is 27.4. The number of oxime groups is 1. The van der Waals surface area contributed by atoms with E-state index in [1.54, 1.807) is 20.8 Å². The highest BCUT2D eigenvalue weighted by Gasteiger charge is 2.35. The molecule has 0 atom stereocenters. The molecular weight excluding hydrogens is 544 g/mol. The zero-order valence-electron chi connectivity index (χ0n) is 20.8. The van der Waals surface area contributed by atoms with Crippen molar-refractivity contribution < 1.29 is 39.4 Å². The first-order valence-corrected chi connectivity index (χ1v) is 14.4. The number of carbonyl (C=O) groups excluding carboxylic acids is 1. The van der Waals surface area contributed by atoms with E-state index in [1.807, 2.05) is 0 Å². The third kappa shape index (κ3) is 4.69. The summed E-state index contributed by atoms with van der Waals surface area (Å²) in [5.41, 5.74) is 1.05. The molecule has 0 saturated heterocycles. The highest BCUT2D eigenvalue weighted by Crippen LogP contribution is 2.35. The third-order valence-electron chi connectivity index (χ3n) is 6.08.